The van der Waals surface area contributed by atoms with Crippen LogP contribution in [0.2, 0.25) is 0 Å². The summed E-state index contributed by atoms with van der Waals surface area (Å²) in [6, 6.07) is 26.4. The Hall–Kier alpha value is -4.83. The maximum Gasteiger partial charge on any atom is 0.264 e. The number of aryl methyl sites for hydroxylation is 3. The largest absolute Gasteiger partial charge is 0.493 e. The monoisotopic (exact) mass is 711 g/mol. The van der Waals surface area contributed by atoms with E-state index in [1.54, 1.807) is 17.0 Å². The van der Waals surface area contributed by atoms with E-state index in [1.807, 2.05) is 81.4 Å². The van der Waals surface area contributed by atoms with Crippen LogP contribution in [0.25, 0.3) is 0 Å². The van der Waals surface area contributed by atoms with Crippen LogP contribution in [-0.4, -0.2) is 58.0 Å². The minimum Gasteiger partial charge on any atom is -0.493 e. The molecule has 0 spiro atoms. The molecule has 1 fully saturated rings. The standard InChI is InChI=1S/C41H49N3O6S/c1-29-16-18-33(19-17-29)27-43(37(25-32-12-8-6-9-13-32)41(46)42-34-14-10-7-11-15-34)40(45)28-44(35-23-30(2)22-31(3)24-35)51(47,48)36-20-21-38(49-4)39(26-36)50-5/h6,8-9,12-13,16-24,26,34,37H,7,10-11,14-15,25,27-28H2,1-5H3,(H,42,46)/t37-/m1/s1. The van der Waals surface area contributed by atoms with Gasteiger partial charge in [0, 0.05) is 25.1 Å². The molecule has 0 aliphatic heterocycles. The van der Waals surface area contributed by atoms with E-state index in [2.05, 4.69) is 5.32 Å². The summed E-state index contributed by atoms with van der Waals surface area (Å²) in [5, 5.41) is 3.26. The molecule has 0 radical (unpaired) electrons. The van der Waals surface area contributed by atoms with Crippen molar-refractivity contribution in [2.24, 2.45) is 0 Å². The predicted molar refractivity (Wildman–Crippen MR) is 201 cm³/mol. The molecule has 4 aromatic rings. The minimum atomic E-state index is -4.33. The van der Waals surface area contributed by atoms with E-state index in [1.165, 1.54) is 32.4 Å². The van der Waals surface area contributed by atoms with Crippen molar-refractivity contribution in [3.63, 3.8) is 0 Å². The highest BCUT2D eigenvalue weighted by molar-refractivity contribution is 7.92. The molecule has 0 unspecified atom stereocenters. The molecule has 1 N–H and O–H groups in total. The summed E-state index contributed by atoms with van der Waals surface area (Å²) in [5.74, 6) is -0.124. The van der Waals surface area contributed by atoms with Crippen molar-refractivity contribution in [2.45, 2.75) is 82.8 Å². The third-order valence-corrected chi connectivity index (χ3v) is 11.2. The number of carbonyl (C=O) groups excluding carboxylic acids is 2. The number of anilines is 1. The number of rotatable bonds is 14. The zero-order chi connectivity index (χ0) is 36.5. The summed E-state index contributed by atoms with van der Waals surface area (Å²) >= 11 is 0. The normalized spacial score (nSPS) is 14.0. The van der Waals surface area contributed by atoms with Crippen LogP contribution in [0, 0.1) is 20.8 Å². The Morgan fingerprint density at radius 3 is 2.04 bits per heavy atom. The van der Waals surface area contributed by atoms with Gasteiger partial charge in [-0.05, 0) is 80.1 Å². The molecule has 0 heterocycles. The quantitative estimate of drug-likeness (QED) is 0.152. The lowest BCUT2D eigenvalue weighted by atomic mass is 9.94. The summed E-state index contributed by atoms with van der Waals surface area (Å²) in [5.41, 5.74) is 4.82. The van der Waals surface area contributed by atoms with Crippen molar-refractivity contribution in [1.29, 1.82) is 0 Å². The third kappa shape index (κ3) is 9.49. The first-order valence-electron chi connectivity index (χ1n) is 17.5. The lowest BCUT2D eigenvalue weighted by Crippen LogP contribution is -2.55. The van der Waals surface area contributed by atoms with Gasteiger partial charge in [-0.25, -0.2) is 8.42 Å². The zero-order valence-corrected chi connectivity index (χ0v) is 31.0. The predicted octanol–water partition coefficient (Wildman–Crippen LogP) is 6.91. The Kier molecular flexibility index (Phi) is 12.4. The molecule has 270 valence electrons. The molecule has 10 heteroatoms. The molecule has 2 amide bonds. The van der Waals surface area contributed by atoms with E-state index < -0.39 is 28.5 Å². The van der Waals surface area contributed by atoms with E-state index >= 15 is 0 Å². The first-order chi connectivity index (χ1) is 24.5. The highest BCUT2D eigenvalue weighted by atomic mass is 32.2. The molecule has 5 rings (SSSR count). The molecule has 51 heavy (non-hydrogen) atoms. The van der Waals surface area contributed by atoms with Gasteiger partial charge in [0.25, 0.3) is 10.0 Å². The first-order valence-corrected chi connectivity index (χ1v) is 18.9. The highest BCUT2D eigenvalue weighted by Gasteiger charge is 2.36. The zero-order valence-electron chi connectivity index (χ0n) is 30.2. The molecule has 0 bridgehead atoms. The number of nitrogens with zero attached hydrogens (tertiary/aromatic N) is 2. The Balaban J connectivity index is 1.60. The molecule has 0 aromatic heterocycles. The highest BCUT2D eigenvalue weighted by Crippen LogP contribution is 2.33. The Morgan fingerprint density at radius 1 is 0.765 bits per heavy atom. The van der Waals surface area contributed by atoms with Gasteiger partial charge in [0.2, 0.25) is 11.8 Å². The van der Waals surface area contributed by atoms with Crippen LogP contribution in [0.1, 0.15) is 59.9 Å². The maximum atomic E-state index is 14.9. The topological polar surface area (TPSA) is 105 Å². The molecular formula is C41H49N3O6S. The lowest BCUT2D eigenvalue weighted by Gasteiger charge is -2.35. The van der Waals surface area contributed by atoms with Crippen molar-refractivity contribution < 1.29 is 27.5 Å². The fourth-order valence-corrected chi connectivity index (χ4v) is 8.13. The van der Waals surface area contributed by atoms with Crippen molar-refractivity contribution >= 4 is 27.5 Å². The molecule has 1 atom stereocenters. The van der Waals surface area contributed by atoms with Crippen LogP contribution < -0.4 is 19.1 Å². The first kappa shape index (κ1) is 37.4. The van der Waals surface area contributed by atoms with E-state index in [0.717, 1.165) is 64.2 Å². The van der Waals surface area contributed by atoms with Crippen LogP contribution in [0.3, 0.4) is 0 Å². The number of sulfonamides is 1. The average molecular weight is 712 g/mol. The average Bonchev–Trinajstić information content (AvgIpc) is 3.12. The number of ether oxygens (including phenoxy) is 2. The number of hydrogen-bond acceptors (Lipinski definition) is 6. The van der Waals surface area contributed by atoms with Gasteiger partial charge in [-0.3, -0.25) is 13.9 Å². The van der Waals surface area contributed by atoms with E-state index in [-0.39, 0.29) is 35.6 Å². The van der Waals surface area contributed by atoms with Crippen molar-refractivity contribution in [2.75, 3.05) is 25.1 Å². The second-order valence-corrected chi connectivity index (χ2v) is 15.3. The Morgan fingerprint density at radius 2 is 1.41 bits per heavy atom. The summed E-state index contributed by atoms with van der Waals surface area (Å²) in [6.45, 7) is 5.34. The summed E-state index contributed by atoms with van der Waals surface area (Å²) in [7, 11) is -1.41. The van der Waals surface area contributed by atoms with Gasteiger partial charge >= 0.3 is 0 Å². The molecule has 0 saturated heterocycles. The Bertz CT molecular complexity index is 1890. The van der Waals surface area contributed by atoms with Gasteiger partial charge in [0.15, 0.2) is 11.5 Å². The van der Waals surface area contributed by atoms with Crippen LogP contribution in [0.15, 0.2) is 95.9 Å². The molecule has 1 aliphatic rings. The number of nitrogens with one attached hydrogen (secondary N) is 1. The van der Waals surface area contributed by atoms with Crippen molar-refractivity contribution in [1.82, 2.24) is 10.2 Å². The number of benzene rings is 4. The van der Waals surface area contributed by atoms with Crippen molar-refractivity contribution in [3.8, 4) is 11.5 Å². The molecule has 1 saturated carbocycles. The SMILES string of the molecule is COc1ccc(S(=O)(=O)N(CC(=O)N(Cc2ccc(C)cc2)[C@H](Cc2ccccc2)C(=O)NC2CCCCC2)c2cc(C)cc(C)c2)cc1OC. The summed E-state index contributed by atoms with van der Waals surface area (Å²) in [6.07, 6.45) is 5.27. The molecule has 1 aliphatic carbocycles. The van der Waals surface area contributed by atoms with Crippen LogP contribution in [0.5, 0.6) is 11.5 Å². The van der Waals surface area contributed by atoms with Gasteiger partial charge in [0.05, 0.1) is 24.8 Å². The summed E-state index contributed by atoms with van der Waals surface area (Å²) in [4.78, 5) is 30.7. The van der Waals surface area contributed by atoms with E-state index in [9.17, 15) is 18.0 Å². The van der Waals surface area contributed by atoms with Gasteiger partial charge in [-0.1, -0.05) is 85.5 Å². The van der Waals surface area contributed by atoms with E-state index in [4.69, 9.17) is 9.47 Å². The second kappa shape index (κ2) is 16.9. The second-order valence-electron chi connectivity index (χ2n) is 13.4. The van der Waals surface area contributed by atoms with Crippen LogP contribution >= 0.6 is 0 Å². The Labute approximate surface area is 302 Å². The lowest BCUT2D eigenvalue weighted by molar-refractivity contribution is -0.140. The maximum absolute atomic E-state index is 14.9. The number of amides is 2. The number of hydrogen-bond donors (Lipinski definition) is 1. The van der Waals surface area contributed by atoms with Gasteiger partial charge in [0.1, 0.15) is 12.6 Å². The van der Waals surface area contributed by atoms with Crippen LogP contribution in [0.4, 0.5) is 5.69 Å². The molecule has 9 nitrogen and oxygen atoms in total. The summed E-state index contributed by atoms with van der Waals surface area (Å²) < 4.78 is 41.2. The molecule has 4 aromatic carbocycles. The van der Waals surface area contributed by atoms with Crippen molar-refractivity contribution in [3.05, 3.63) is 119 Å². The van der Waals surface area contributed by atoms with Gasteiger partial charge in [-0.2, -0.15) is 0 Å². The third-order valence-electron chi connectivity index (χ3n) is 9.41. The van der Waals surface area contributed by atoms with Gasteiger partial charge in [-0.15, -0.1) is 0 Å². The minimum absolute atomic E-state index is 0.0260. The smallest absolute Gasteiger partial charge is 0.264 e. The molecular weight excluding hydrogens is 663 g/mol. The number of carbonyl (C=O) groups is 2. The fraction of sp³-hybridized carbons (Fsp3) is 0.366. The number of methoxy groups -OCH3 is 2. The fourth-order valence-electron chi connectivity index (χ4n) is 6.72. The van der Waals surface area contributed by atoms with E-state index in [0.29, 0.717) is 11.4 Å². The van der Waals surface area contributed by atoms with Gasteiger partial charge < -0.3 is 19.7 Å². The van der Waals surface area contributed by atoms with Crippen LogP contribution in [-0.2, 0) is 32.6 Å².